The molecule has 120 valence electrons. The van der Waals surface area contributed by atoms with E-state index in [9.17, 15) is 4.79 Å². The number of amides is 1. The smallest absolute Gasteiger partial charge is 0.233 e. The molecule has 0 radical (unpaired) electrons. The summed E-state index contributed by atoms with van der Waals surface area (Å²) in [7, 11) is 1.99. The lowest BCUT2D eigenvalue weighted by atomic mass is 9.95. The lowest BCUT2D eigenvalue weighted by Gasteiger charge is -2.38. The maximum Gasteiger partial charge on any atom is 0.233 e. The predicted octanol–water partition coefficient (Wildman–Crippen LogP) is 1.15. The fourth-order valence-electron chi connectivity index (χ4n) is 3.50. The number of fused-ring (bicyclic) bond motifs is 1. The molecular formula is C17H21N5O. The molecule has 0 saturated carbocycles. The number of imidazole rings is 1. The van der Waals surface area contributed by atoms with Crippen LogP contribution in [0.15, 0.2) is 30.9 Å². The Bertz CT molecular complexity index is 707. The number of aromatic nitrogens is 3. The fraction of sp³-hybridized carbons (Fsp3) is 0.471. The van der Waals surface area contributed by atoms with Gasteiger partial charge in [0.1, 0.15) is 0 Å². The van der Waals surface area contributed by atoms with Gasteiger partial charge in [0.2, 0.25) is 5.91 Å². The minimum atomic E-state index is -0.103. The van der Waals surface area contributed by atoms with Crippen molar-refractivity contribution in [3.8, 4) is 0 Å². The molecule has 4 rings (SSSR count). The maximum atomic E-state index is 12.8. The van der Waals surface area contributed by atoms with Crippen molar-refractivity contribution < 1.29 is 4.79 Å². The van der Waals surface area contributed by atoms with Gasteiger partial charge in [-0.15, -0.1) is 0 Å². The predicted molar refractivity (Wildman–Crippen MR) is 85.5 cm³/mol. The van der Waals surface area contributed by atoms with Gasteiger partial charge in [-0.3, -0.25) is 14.7 Å². The first kappa shape index (κ1) is 14.4. The van der Waals surface area contributed by atoms with Crippen LogP contribution in [0.25, 0.3) is 0 Å². The third-order valence-electron chi connectivity index (χ3n) is 4.83. The molecular weight excluding hydrogens is 290 g/mol. The summed E-state index contributed by atoms with van der Waals surface area (Å²) in [5, 5.41) is 0. The highest BCUT2D eigenvalue weighted by molar-refractivity contribution is 5.84. The molecule has 2 aliphatic heterocycles. The molecule has 6 nitrogen and oxygen atoms in total. The molecule has 0 bridgehead atoms. The molecule has 2 aromatic heterocycles. The largest absolute Gasteiger partial charge is 0.342 e. The number of pyridine rings is 1. The van der Waals surface area contributed by atoms with Crippen LogP contribution < -0.4 is 0 Å². The average molecular weight is 311 g/mol. The molecule has 0 aromatic carbocycles. The molecule has 0 N–H and O–H groups in total. The number of carbonyl (C=O) groups excluding carboxylic acids is 1. The highest BCUT2D eigenvalue weighted by Crippen LogP contribution is 2.30. The highest BCUT2D eigenvalue weighted by atomic mass is 16.2. The number of nitrogens with zero attached hydrogens (tertiary/aromatic N) is 5. The Kier molecular flexibility index (Phi) is 3.61. The van der Waals surface area contributed by atoms with Gasteiger partial charge in [0, 0.05) is 52.2 Å². The Labute approximate surface area is 135 Å². The Morgan fingerprint density at radius 3 is 2.78 bits per heavy atom. The number of carbonyl (C=O) groups is 1. The normalized spacial score (nSPS) is 20.9. The number of hydrogen-bond acceptors (Lipinski definition) is 4. The minimum absolute atomic E-state index is 0.103. The van der Waals surface area contributed by atoms with Crippen LogP contribution in [0.5, 0.6) is 0 Å². The van der Waals surface area contributed by atoms with Gasteiger partial charge in [-0.05, 0) is 24.1 Å². The van der Waals surface area contributed by atoms with Crippen molar-refractivity contribution >= 4 is 5.91 Å². The second-order valence-corrected chi connectivity index (χ2v) is 6.44. The Hall–Kier alpha value is -2.21. The second-order valence-electron chi connectivity index (χ2n) is 6.44. The van der Waals surface area contributed by atoms with Gasteiger partial charge >= 0.3 is 0 Å². The molecule has 1 atom stereocenters. The Morgan fingerprint density at radius 1 is 1.30 bits per heavy atom. The molecule has 0 aliphatic carbocycles. The summed E-state index contributed by atoms with van der Waals surface area (Å²) in [5.74, 6) is 0.147. The van der Waals surface area contributed by atoms with Crippen molar-refractivity contribution in [3.05, 3.63) is 47.8 Å². The summed E-state index contributed by atoms with van der Waals surface area (Å²) in [6, 6.07) is 4.06. The molecule has 2 aliphatic rings. The van der Waals surface area contributed by atoms with Gasteiger partial charge in [-0.25, -0.2) is 4.98 Å². The molecule has 0 spiro atoms. The zero-order valence-electron chi connectivity index (χ0n) is 13.4. The quantitative estimate of drug-likeness (QED) is 0.853. The van der Waals surface area contributed by atoms with Crippen LogP contribution in [0.1, 0.15) is 29.3 Å². The van der Waals surface area contributed by atoms with Crippen LogP contribution in [-0.2, 0) is 24.9 Å². The van der Waals surface area contributed by atoms with Gasteiger partial charge < -0.3 is 9.47 Å². The van der Waals surface area contributed by atoms with Crippen LogP contribution in [-0.4, -0.2) is 49.9 Å². The molecule has 23 heavy (non-hydrogen) atoms. The van der Waals surface area contributed by atoms with E-state index in [2.05, 4.69) is 14.9 Å². The van der Waals surface area contributed by atoms with E-state index in [1.165, 1.54) is 5.56 Å². The Morgan fingerprint density at radius 2 is 2.09 bits per heavy atom. The minimum Gasteiger partial charge on any atom is -0.342 e. The van der Waals surface area contributed by atoms with E-state index in [1.807, 2.05) is 47.4 Å². The molecule has 1 amide bonds. The molecule has 6 heteroatoms. The van der Waals surface area contributed by atoms with E-state index in [-0.39, 0.29) is 11.8 Å². The fourth-order valence-corrected chi connectivity index (χ4v) is 3.50. The number of likely N-dealkylation sites (tertiary alicyclic amines) is 1. The lowest BCUT2D eigenvalue weighted by Crippen LogP contribution is -2.48. The van der Waals surface area contributed by atoms with Crippen LogP contribution in [0.3, 0.4) is 0 Å². The van der Waals surface area contributed by atoms with E-state index >= 15 is 0 Å². The van der Waals surface area contributed by atoms with E-state index < -0.39 is 0 Å². The van der Waals surface area contributed by atoms with Gasteiger partial charge in [0.25, 0.3) is 0 Å². The van der Waals surface area contributed by atoms with Gasteiger partial charge in [0.05, 0.1) is 23.6 Å². The lowest BCUT2D eigenvalue weighted by molar-refractivity contribution is -0.137. The molecule has 1 unspecified atom stereocenters. The highest BCUT2D eigenvalue weighted by Gasteiger charge is 2.37. The number of rotatable bonds is 3. The van der Waals surface area contributed by atoms with Crippen molar-refractivity contribution in [2.45, 2.75) is 25.4 Å². The molecule has 4 heterocycles. The summed E-state index contributed by atoms with van der Waals surface area (Å²) < 4.78 is 2.02. The molecule has 1 fully saturated rings. The van der Waals surface area contributed by atoms with Crippen molar-refractivity contribution in [2.24, 2.45) is 7.05 Å². The summed E-state index contributed by atoms with van der Waals surface area (Å²) in [5.41, 5.74) is 3.34. The van der Waals surface area contributed by atoms with Gasteiger partial charge in [-0.2, -0.15) is 0 Å². The summed E-state index contributed by atoms with van der Waals surface area (Å²) >= 11 is 0. The average Bonchev–Trinajstić information content (AvgIpc) is 2.87. The van der Waals surface area contributed by atoms with Crippen LogP contribution in [0, 0.1) is 0 Å². The van der Waals surface area contributed by atoms with Crippen molar-refractivity contribution in [2.75, 3.05) is 19.6 Å². The molecule has 2 aromatic rings. The zero-order valence-corrected chi connectivity index (χ0v) is 13.4. The van der Waals surface area contributed by atoms with Crippen LogP contribution in [0.2, 0.25) is 0 Å². The molecule has 1 saturated heterocycles. The van der Waals surface area contributed by atoms with E-state index in [1.54, 1.807) is 0 Å². The zero-order chi connectivity index (χ0) is 15.8. The first-order chi connectivity index (χ1) is 11.2. The van der Waals surface area contributed by atoms with Gasteiger partial charge in [-0.1, -0.05) is 0 Å². The van der Waals surface area contributed by atoms with Crippen LogP contribution in [0.4, 0.5) is 0 Å². The first-order valence-electron chi connectivity index (χ1n) is 8.12. The summed E-state index contributed by atoms with van der Waals surface area (Å²) in [6.07, 6.45) is 6.58. The Balaban J connectivity index is 1.59. The standard InChI is InChI=1S/C17H21N5O/c1-20-12-19-15-11-21(9-13-3-5-18-6-4-13)10-14(16(15)20)17(23)22-7-2-8-22/h3-6,12,14H,2,7-11H2,1H3. The second kappa shape index (κ2) is 5.77. The van der Waals surface area contributed by atoms with E-state index in [4.69, 9.17) is 0 Å². The van der Waals surface area contributed by atoms with E-state index in [0.717, 1.165) is 50.5 Å². The van der Waals surface area contributed by atoms with E-state index in [0.29, 0.717) is 0 Å². The number of hydrogen-bond donors (Lipinski definition) is 0. The topological polar surface area (TPSA) is 54.3 Å². The summed E-state index contributed by atoms with van der Waals surface area (Å²) in [6.45, 7) is 4.16. The van der Waals surface area contributed by atoms with Crippen molar-refractivity contribution in [1.82, 2.24) is 24.3 Å². The first-order valence-corrected chi connectivity index (χ1v) is 8.12. The van der Waals surface area contributed by atoms with Gasteiger partial charge in [0.15, 0.2) is 0 Å². The van der Waals surface area contributed by atoms with Crippen LogP contribution >= 0.6 is 0 Å². The SMILES string of the molecule is Cn1cnc2c1C(C(=O)N1CCC1)CN(Cc1ccncc1)C2. The maximum absolute atomic E-state index is 12.8. The monoisotopic (exact) mass is 311 g/mol. The van der Waals surface area contributed by atoms with Crippen molar-refractivity contribution in [3.63, 3.8) is 0 Å². The number of aryl methyl sites for hydroxylation is 1. The summed E-state index contributed by atoms with van der Waals surface area (Å²) in [4.78, 5) is 25.7. The third-order valence-corrected chi connectivity index (χ3v) is 4.83. The third kappa shape index (κ3) is 2.63. The van der Waals surface area contributed by atoms with Crippen molar-refractivity contribution in [1.29, 1.82) is 0 Å².